The predicted octanol–water partition coefficient (Wildman–Crippen LogP) is 2.55. The number of hydrogen-bond acceptors (Lipinski definition) is 7. The molecule has 158 valence electrons. The number of carbonyl (C=O) groups is 3. The van der Waals surface area contributed by atoms with E-state index >= 15 is 0 Å². The molecule has 7 nitrogen and oxygen atoms in total. The summed E-state index contributed by atoms with van der Waals surface area (Å²) in [6, 6.07) is 0. The van der Waals surface area contributed by atoms with Crippen molar-refractivity contribution in [3.63, 3.8) is 0 Å². The molecule has 1 saturated heterocycles. The van der Waals surface area contributed by atoms with Gasteiger partial charge in [-0.3, -0.25) is 4.79 Å². The molecule has 0 amide bonds. The van der Waals surface area contributed by atoms with E-state index in [0.29, 0.717) is 16.7 Å². The first kappa shape index (κ1) is 22.6. The van der Waals surface area contributed by atoms with Gasteiger partial charge >= 0.3 is 17.9 Å². The second kappa shape index (κ2) is 9.22. The summed E-state index contributed by atoms with van der Waals surface area (Å²) in [6.07, 6.45) is 0.173. The Balaban J connectivity index is 2.54. The van der Waals surface area contributed by atoms with E-state index in [2.05, 4.69) is 13.2 Å². The fraction of sp³-hybridized carbons (Fsp3) is 0.500. The van der Waals surface area contributed by atoms with Gasteiger partial charge in [0.1, 0.15) is 6.10 Å². The van der Waals surface area contributed by atoms with Gasteiger partial charge in [-0.15, -0.1) is 0 Å². The van der Waals surface area contributed by atoms with Crippen LogP contribution in [0.25, 0.3) is 0 Å². The van der Waals surface area contributed by atoms with E-state index in [1.807, 2.05) is 0 Å². The number of hydrogen-bond donors (Lipinski definition) is 1. The van der Waals surface area contributed by atoms with E-state index in [9.17, 15) is 19.5 Å². The lowest BCUT2D eigenvalue weighted by Crippen LogP contribution is -2.43. The van der Waals surface area contributed by atoms with Crippen LogP contribution in [-0.2, 0) is 28.6 Å². The van der Waals surface area contributed by atoms with Gasteiger partial charge in [0.25, 0.3) is 0 Å². The molecule has 7 heteroatoms. The van der Waals surface area contributed by atoms with Crippen molar-refractivity contribution in [2.45, 2.75) is 65.0 Å². The van der Waals surface area contributed by atoms with Crippen molar-refractivity contribution in [2.24, 2.45) is 5.92 Å². The van der Waals surface area contributed by atoms with Crippen molar-refractivity contribution < 1.29 is 33.7 Å². The second-order valence-electron chi connectivity index (χ2n) is 7.43. The van der Waals surface area contributed by atoms with Crippen LogP contribution in [0.2, 0.25) is 0 Å². The Morgan fingerprint density at radius 2 is 1.93 bits per heavy atom. The molecule has 0 radical (unpaired) electrons. The molecule has 0 spiro atoms. The number of rotatable bonds is 3. The maximum absolute atomic E-state index is 12.4. The van der Waals surface area contributed by atoms with Gasteiger partial charge in [0.15, 0.2) is 12.2 Å². The van der Waals surface area contributed by atoms with Gasteiger partial charge in [0.2, 0.25) is 0 Å². The Labute approximate surface area is 170 Å². The average molecular weight is 404 g/mol. The topological polar surface area (TPSA) is 99.1 Å². The highest BCUT2D eigenvalue weighted by Gasteiger charge is 2.50. The molecular formula is C22H28O7. The summed E-state index contributed by atoms with van der Waals surface area (Å²) in [5.74, 6) is -2.49. The van der Waals surface area contributed by atoms with E-state index in [0.717, 1.165) is 0 Å². The number of carbonyl (C=O) groups excluding carboxylic acids is 3. The van der Waals surface area contributed by atoms with E-state index in [-0.39, 0.29) is 18.4 Å². The van der Waals surface area contributed by atoms with Crippen molar-refractivity contribution in [2.75, 3.05) is 0 Å². The van der Waals surface area contributed by atoms with Gasteiger partial charge in [-0.2, -0.15) is 0 Å². The van der Waals surface area contributed by atoms with Crippen LogP contribution in [0, 0.1) is 5.92 Å². The normalized spacial score (nSPS) is 30.8. The van der Waals surface area contributed by atoms with Crippen molar-refractivity contribution in [1.29, 1.82) is 0 Å². The molecule has 5 atom stereocenters. The summed E-state index contributed by atoms with van der Waals surface area (Å²) in [4.78, 5) is 36.5. The lowest BCUT2D eigenvalue weighted by atomic mass is 9.81. The third kappa shape index (κ3) is 5.03. The number of aliphatic hydroxyl groups is 1. The van der Waals surface area contributed by atoms with E-state index < -0.39 is 48.2 Å². The fourth-order valence-electron chi connectivity index (χ4n) is 3.47. The smallest absolute Gasteiger partial charge is 0.334 e. The predicted molar refractivity (Wildman–Crippen MR) is 106 cm³/mol. The first-order chi connectivity index (χ1) is 13.6. The fourth-order valence-corrected chi connectivity index (χ4v) is 3.47. The van der Waals surface area contributed by atoms with Crippen LogP contribution in [0.4, 0.5) is 0 Å². The second-order valence-corrected chi connectivity index (χ2v) is 7.43. The molecule has 5 unspecified atom stereocenters. The Morgan fingerprint density at radius 1 is 1.28 bits per heavy atom. The van der Waals surface area contributed by atoms with Gasteiger partial charge < -0.3 is 19.3 Å². The molecule has 2 aliphatic rings. The van der Waals surface area contributed by atoms with Gasteiger partial charge in [-0.05, 0) is 38.3 Å². The minimum atomic E-state index is -0.915. The molecular weight excluding hydrogens is 376 g/mol. The van der Waals surface area contributed by atoms with Crippen LogP contribution >= 0.6 is 0 Å². The van der Waals surface area contributed by atoms with Gasteiger partial charge in [0.05, 0.1) is 12.0 Å². The molecule has 1 aliphatic carbocycles. The summed E-state index contributed by atoms with van der Waals surface area (Å²) in [7, 11) is 0. The average Bonchev–Trinajstić information content (AvgIpc) is 2.95. The molecule has 1 fully saturated rings. The summed E-state index contributed by atoms with van der Waals surface area (Å²) in [5, 5.41) is 10.4. The zero-order valence-electron chi connectivity index (χ0n) is 17.3. The summed E-state index contributed by atoms with van der Waals surface area (Å²) in [6.45, 7) is 14.0. The third-order valence-electron chi connectivity index (χ3n) is 5.31. The van der Waals surface area contributed by atoms with E-state index in [1.54, 1.807) is 32.9 Å². The summed E-state index contributed by atoms with van der Waals surface area (Å²) >= 11 is 0. The van der Waals surface area contributed by atoms with Crippen LogP contribution in [-0.4, -0.2) is 47.4 Å². The molecule has 1 N–H and O–H groups in total. The molecule has 29 heavy (non-hydrogen) atoms. The number of allylic oxidation sites excluding steroid dienone is 1. The Kier molecular flexibility index (Phi) is 7.19. The highest BCUT2D eigenvalue weighted by molar-refractivity contribution is 5.91. The minimum absolute atomic E-state index is 0.124. The Hall–Kier alpha value is -2.67. The van der Waals surface area contributed by atoms with Crippen molar-refractivity contribution >= 4 is 17.9 Å². The minimum Gasteiger partial charge on any atom is -0.461 e. The molecule has 0 bridgehead atoms. The Morgan fingerprint density at radius 3 is 2.52 bits per heavy atom. The number of aliphatic hydroxyl groups excluding tert-OH is 1. The maximum atomic E-state index is 12.4. The van der Waals surface area contributed by atoms with Crippen LogP contribution in [0.5, 0.6) is 0 Å². The van der Waals surface area contributed by atoms with Crippen LogP contribution in [0.1, 0.15) is 40.5 Å². The van der Waals surface area contributed by atoms with Crippen LogP contribution in [0.3, 0.4) is 0 Å². The Bertz CT molecular complexity index is 789. The van der Waals surface area contributed by atoms with Crippen LogP contribution in [0.15, 0.2) is 47.6 Å². The number of ether oxygens (including phenoxy) is 3. The van der Waals surface area contributed by atoms with E-state index in [1.165, 1.54) is 6.92 Å². The van der Waals surface area contributed by atoms with Crippen molar-refractivity contribution in [3.05, 3.63) is 47.6 Å². The van der Waals surface area contributed by atoms with Gasteiger partial charge in [-0.25, -0.2) is 9.59 Å². The van der Waals surface area contributed by atoms with Crippen molar-refractivity contribution in [3.8, 4) is 0 Å². The molecule has 1 aliphatic heterocycles. The quantitative estimate of drug-likeness (QED) is 0.334. The van der Waals surface area contributed by atoms with Gasteiger partial charge in [0, 0.05) is 24.5 Å². The zero-order valence-corrected chi connectivity index (χ0v) is 17.3. The SMILES string of the molecule is C=C1CC(OC(C)=O)C2C(=C)C(=O)OC2C(OC(=O)C(C)=CC)C(C)=CCC1O. The summed E-state index contributed by atoms with van der Waals surface area (Å²) < 4.78 is 16.7. The lowest BCUT2D eigenvalue weighted by Gasteiger charge is -2.33. The van der Waals surface area contributed by atoms with Gasteiger partial charge in [-0.1, -0.05) is 25.3 Å². The van der Waals surface area contributed by atoms with Crippen molar-refractivity contribution in [1.82, 2.24) is 0 Å². The van der Waals surface area contributed by atoms with E-state index in [4.69, 9.17) is 14.2 Å². The highest BCUT2D eigenvalue weighted by atomic mass is 16.6. The maximum Gasteiger partial charge on any atom is 0.334 e. The lowest BCUT2D eigenvalue weighted by molar-refractivity contribution is -0.161. The first-order valence-electron chi connectivity index (χ1n) is 9.50. The molecule has 1 heterocycles. The van der Waals surface area contributed by atoms with Crippen LogP contribution < -0.4 is 0 Å². The largest absolute Gasteiger partial charge is 0.461 e. The molecule has 0 aromatic heterocycles. The third-order valence-corrected chi connectivity index (χ3v) is 5.31. The monoisotopic (exact) mass is 404 g/mol. The number of fused-ring (bicyclic) bond motifs is 1. The first-order valence-corrected chi connectivity index (χ1v) is 9.50. The number of esters is 3. The summed E-state index contributed by atoms with van der Waals surface area (Å²) in [5.41, 5.74) is 1.60. The zero-order chi connectivity index (χ0) is 21.9. The molecule has 0 saturated carbocycles. The molecule has 0 aromatic carbocycles. The standard InChI is InChI=1S/C22H28O7/c1-7-11(2)21(25)28-19-12(3)8-9-16(24)13(4)10-17(27-15(6)23)18-14(5)22(26)29-20(18)19/h7-8,16-20,24H,4-5,9-10H2,1-3,6H3. The molecule has 0 aromatic rings. The highest BCUT2D eigenvalue weighted by Crippen LogP contribution is 2.39. The molecule has 2 rings (SSSR count).